The largest absolute Gasteiger partial charge is 0.481 e. The molecule has 1 N–H and O–H groups in total. The van der Waals surface area contributed by atoms with Gasteiger partial charge in [-0.2, -0.15) is 4.98 Å². The van der Waals surface area contributed by atoms with Crippen LogP contribution >= 0.6 is 11.8 Å². The fourth-order valence-electron chi connectivity index (χ4n) is 1.34. The van der Waals surface area contributed by atoms with Gasteiger partial charge in [-0.1, -0.05) is 12.1 Å². The number of nitrogens with zero attached hydrogens (tertiary/aromatic N) is 2. The fraction of sp³-hybridized carbons (Fsp3) is 0.700. The summed E-state index contributed by atoms with van der Waals surface area (Å²) in [6, 6.07) is 0. The van der Waals surface area contributed by atoms with Gasteiger partial charge in [0.1, 0.15) is 0 Å². The van der Waals surface area contributed by atoms with Crippen LogP contribution in [0.25, 0.3) is 0 Å². The number of carboxylic acids is 1. The van der Waals surface area contributed by atoms with Gasteiger partial charge in [-0.25, -0.2) is 0 Å². The number of carboxylic acid groups (broad SMARTS) is 1. The third kappa shape index (κ3) is 3.23. The molecule has 1 unspecified atom stereocenters. The van der Waals surface area contributed by atoms with Crippen molar-refractivity contribution in [3.05, 3.63) is 11.7 Å². The third-order valence-electron chi connectivity index (χ3n) is 2.37. The van der Waals surface area contributed by atoms with Gasteiger partial charge >= 0.3 is 5.97 Å². The minimum absolute atomic E-state index is 0.0698. The highest BCUT2D eigenvalue weighted by molar-refractivity contribution is 7.99. The van der Waals surface area contributed by atoms with Crippen molar-refractivity contribution in [3.8, 4) is 0 Å². The quantitative estimate of drug-likeness (QED) is 0.822. The number of aliphatic carboxylic acids is 1. The molecule has 1 heterocycles. The first-order valence-corrected chi connectivity index (χ1v) is 6.36. The summed E-state index contributed by atoms with van der Waals surface area (Å²) in [7, 11) is 0. The van der Waals surface area contributed by atoms with E-state index in [-0.39, 0.29) is 11.7 Å². The Balaban J connectivity index is 1.77. The Morgan fingerprint density at radius 3 is 3.06 bits per heavy atom. The number of thioether (sulfide) groups is 1. The molecule has 0 amide bonds. The lowest BCUT2D eigenvalue weighted by atomic mass is 10.3. The maximum Gasteiger partial charge on any atom is 0.304 e. The van der Waals surface area contributed by atoms with E-state index in [0.29, 0.717) is 17.5 Å². The maximum absolute atomic E-state index is 10.5. The van der Waals surface area contributed by atoms with Crippen molar-refractivity contribution < 1.29 is 14.4 Å². The first-order chi connectivity index (χ1) is 7.65. The van der Waals surface area contributed by atoms with E-state index < -0.39 is 5.97 Å². The first kappa shape index (κ1) is 11.4. The Morgan fingerprint density at radius 1 is 1.69 bits per heavy atom. The topological polar surface area (TPSA) is 76.2 Å². The molecule has 0 aromatic carbocycles. The summed E-state index contributed by atoms with van der Waals surface area (Å²) in [6.07, 6.45) is 2.45. The zero-order valence-electron chi connectivity index (χ0n) is 9.05. The molecule has 0 saturated heterocycles. The van der Waals surface area contributed by atoms with E-state index in [2.05, 4.69) is 10.1 Å². The number of hydrogen-bond acceptors (Lipinski definition) is 5. The molecule has 88 valence electrons. The highest BCUT2D eigenvalue weighted by atomic mass is 32.2. The maximum atomic E-state index is 10.5. The third-order valence-corrected chi connectivity index (χ3v) is 3.53. The monoisotopic (exact) mass is 242 g/mol. The van der Waals surface area contributed by atoms with Gasteiger partial charge in [0.15, 0.2) is 5.82 Å². The molecule has 1 fully saturated rings. The van der Waals surface area contributed by atoms with Crippen molar-refractivity contribution >= 4 is 17.7 Å². The molecule has 6 heteroatoms. The highest BCUT2D eigenvalue weighted by Gasteiger charge is 2.29. The van der Waals surface area contributed by atoms with Crippen LogP contribution in [0.1, 0.15) is 43.8 Å². The second kappa shape index (κ2) is 4.86. The summed E-state index contributed by atoms with van der Waals surface area (Å²) in [4.78, 5) is 14.7. The van der Waals surface area contributed by atoms with Crippen molar-refractivity contribution in [2.45, 2.75) is 43.1 Å². The minimum Gasteiger partial charge on any atom is -0.481 e. The lowest BCUT2D eigenvalue weighted by Crippen LogP contribution is -2.06. The smallest absolute Gasteiger partial charge is 0.304 e. The van der Waals surface area contributed by atoms with Crippen LogP contribution in [0.15, 0.2) is 4.52 Å². The van der Waals surface area contributed by atoms with Gasteiger partial charge in [0, 0.05) is 11.2 Å². The average Bonchev–Trinajstić information content (AvgIpc) is 2.94. The molecule has 1 aliphatic carbocycles. The summed E-state index contributed by atoms with van der Waals surface area (Å²) in [5.74, 6) is 1.73. The van der Waals surface area contributed by atoms with Crippen LogP contribution in [0.3, 0.4) is 0 Å². The number of rotatable bonds is 6. The normalized spacial score (nSPS) is 17.3. The van der Waals surface area contributed by atoms with E-state index in [1.807, 2.05) is 6.92 Å². The standard InChI is InChI=1S/C10H14N2O3S/c1-6(4-9(13)14)16-5-8-11-10(15-12-8)7-2-3-7/h6-7H,2-5H2,1H3,(H,13,14). The minimum atomic E-state index is -0.771. The van der Waals surface area contributed by atoms with Gasteiger partial charge in [-0.15, -0.1) is 11.8 Å². The van der Waals surface area contributed by atoms with Gasteiger partial charge in [0.05, 0.1) is 12.2 Å². The van der Waals surface area contributed by atoms with Gasteiger partial charge in [0.2, 0.25) is 5.89 Å². The van der Waals surface area contributed by atoms with Crippen molar-refractivity contribution in [1.29, 1.82) is 0 Å². The van der Waals surface area contributed by atoms with E-state index in [1.165, 1.54) is 11.8 Å². The Bertz CT molecular complexity index is 376. The fourth-order valence-corrected chi connectivity index (χ4v) is 2.16. The van der Waals surface area contributed by atoms with Crippen molar-refractivity contribution in [2.24, 2.45) is 0 Å². The predicted molar refractivity (Wildman–Crippen MR) is 59.3 cm³/mol. The van der Waals surface area contributed by atoms with Crippen molar-refractivity contribution in [1.82, 2.24) is 10.1 Å². The number of carbonyl (C=O) groups is 1. The van der Waals surface area contributed by atoms with Gasteiger partial charge in [0.25, 0.3) is 0 Å². The zero-order valence-corrected chi connectivity index (χ0v) is 9.87. The predicted octanol–water partition coefficient (Wildman–Crippen LogP) is 2.04. The molecule has 1 aromatic rings. The van der Waals surface area contributed by atoms with Gasteiger partial charge in [-0.05, 0) is 12.8 Å². The molecule has 0 bridgehead atoms. The lowest BCUT2D eigenvalue weighted by Gasteiger charge is -2.05. The molecule has 0 aliphatic heterocycles. The van der Waals surface area contributed by atoms with E-state index in [0.717, 1.165) is 18.7 Å². The molecule has 2 rings (SSSR count). The Hall–Kier alpha value is -1.04. The second-order valence-electron chi connectivity index (χ2n) is 4.04. The average molecular weight is 242 g/mol. The van der Waals surface area contributed by atoms with E-state index in [9.17, 15) is 4.79 Å². The van der Waals surface area contributed by atoms with E-state index >= 15 is 0 Å². The number of aromatic nitrogens is 2. The van der Waals surface area contributed by atoms with Crippen molar-refractivity contribution in [2.75, 3.05) is 0 Å². The summed E-state index contributed by atoms with van der Waals surface area (Å²) >= 11 is 1.54. The van der Waals surface area contributed by atoms with Crippen molar-refractivity contribution in [3.63, 3.8) is 0 Å². The van der Waals surface area contributed by atoms with E-state index in [1.54, 1.807) is 0 Å². The molecule has 16 heavy (non-hydrogen) atoms. The summed E-state index contributed by atoms with van der Waals surface area (Å²) < 4.78 is 5.11. The van der Waals surface area contributed by atoms with E-state index in [4.69, 9.17) is 9.63 Å². The molecule has 0 spiro atoms. The van der Waals surface area contributed by atoms with Crippen LogP contribution in [0.5, 0.6) is 0 Å². The Labute approximate surface area is 97.6 Å². The SMILES string of the molecule is CC(CC(=O)O)SCc1noc(C2CC2)n1. The summed E-state index contributed by atoms with van der Waals surface area (Å²) in [5.41, 5.74) is 0. The molecular formula is C10H14N2O3S. The Kier molecular flexibility index (Phi) is 3.48. The van der Waals surface area contributed by atoms with Crippen LogP contribution in [-0.2, 0) is 10.5 Å². The van der Waals surface area contributed by atoms with Crippen LogP contribution in [-0.4, -0.2) is 26.5 Å². The zero-order chi connectivity index (χ0) is 11.5. The summed E-state index contributed by atoms with van der Waals surface area (Å²) in [5, 5.41) is 12.5. The molecule has 1 saturated carbocycles. The lowest BCUT2D eigenvalue weighted by molar-refractivity contribution is -0.136. The van der Waals surface area contributed by atoms with Gasteiger partial charge in [-0.3, -0.25) is 4.79 Å². The highest BCUT2D eigenvalue weighted by Crippen LogP contribution is 2.39. The van der Waals surface area contributed by atoms with Gasteiger partial charge < -0.3 is 9.63 Å². The molecule has 1 aromatic heterocycles. The van der Waals surface area contributed by atoms with Crippen LogP contribution in [0.4, 0.5) is 0 Å². The molecular weight excluding hydrogens is 228 g/mol. The molecule has 1 aliphatic rings. The summed E-state index contributed by atoms with van der Waals surface area (Å²) in [6.45, 7) is 1.89. The van der Waals surface area contributed by atoms with Crippen LogP contribution in [0, 0.1) is 0 Å². The number of hydrogen-bond donors (Lipinski definition) is 1. The molecule has 0 radical (unpaired) electrons. The molecule has 5 nitrogen and oxygen atoms in total. The molecule has 1 atom stereocenters. The van der Waals surface area contributed by atoms with Crippen LogP contribution in [0.2, 0.25) is 0 Å². The Morgan fingerprint density at radius 2 is 2.44 bits per heavy atom. The second-order valence-corrected chi connectivity index (χ2v) is 5.47. The van der Waals surface area contributed by atoms with Crippen LogP contribution < -0.4 is 0 Å². The first-order valence-electron chi connectivity index (χ1n) is 5.31.